The van der Waals surface area contributed by atoms with Crippen molar-refractivity contribution in [2.45, 2.75) is 27.2 Å². The SMILES string of the molecule is CCOC(=O)c1sc(NC(=O)COC(=O)Cc2ccc(OC)c(OC)c2)c(C(=O)OCC)c1C. The average molecular weight is 494 g/mol. The van der Waals surface area contributed by atoms with Gasteiger partial charge in [0.1, 0.15) is 9.88 Å². The van der Waals surface area contributed by atoms with Gasteiger partial charge in [0, 0.05) is 0 Å². The molecule has 10 nitrogen and oxygen atoms in total. The summed E-state index contributed by atoms with van der Waals surface area (Å²) in [6, 6.07) is 4.97. The lowest BCUT2D eigenvalue weighted by molar-refractivity contribution is -0.146. The van der Waals surface area contributed by atoms with Gasteiger partial charge in [0.15, 0.2) is 18.1 Å². The number of hydrogen-bond donors (Lipinski definition) is 1. The molecule has 1 amide bonds. The smallest absolute Gasteiger partial charge is 0.348 e. The van der Waals surface area contributed by atoms with E-state index in [-0.39, 0.29) is 35.1 Å². The predicted octanol–water partition coefficient (Wildman–Crippen LogP) is 3.15. The van der Waals surface area contributed by atoms with Crippen LogP contribution in [0.4, 0.5) is 5.00 Å². The van der Waals surface area contributed by atoms with Crippen LogP contribution in [0.2, 0.25) is 0 Å². The number of methoxy groups -OCH3 is 2. The van der Waals surface area contributed by atoms with Crippen molar-refractivity contribution in [1.29, 1.82) is 0 Å². The lowest BCUT2D eigenvalue weighted by Crippen LogP contribution is -2.22. The number of rotatable bonds is 11. The Morgan fingerprint density at radius 3 is 2.18 bits per heavy atom. The largest absolute Gasteiger partial charge is 0.493 e. The van der Waals surface area contributed by atoms with Crippen LogP contribution >= 0.6 is 11.3 Å². The standard InChI is InChI=1S/C23H27NO9S/c1-6-31-22(27)19-13(3)20(23(28)32-7-2)34-21(19)24-17(25)12-33-18(26)11-14-8-9-15(29-4)16(10-14)30-5/h8-10H,6-7,11-12H2,1-5H3,(H,24,25). The van der Waals surface area contributed by atoms with E-state index < -0.39 is 30.4 Å². The molecule has 0 unspecified atom stereocenters. The summed E-state index contributed by atoms with van der Waals surface area (Å²) in [6.45, 7) is 4.55. The maximum absolute atomic E-state index is 12.4. The van der Waals surface area contributed by atoms with E-state index in [1.54, 1.807) is 39.0 Å². The van der Waals surface area contributed by atoms with Gasteiger partial charge in [0.2, 0.25) is 0 Å². The van der Waals surface area contributed by atoms with Gasteiger partial charge < -0.3 is 29.0 Å². The van der Waals surface area contributed by atoms with Crippen LogP contribution in [0.1, 0.15) is 45.0 Å². The molecule has 1 aromatic heterocycles. The Kier molecular flexibility index (Phi) is 9.87. The fraction of sp³-hybridized carbons (Fsp3) is 0.391. The minimum absolute atomic E-state index is 0.0555. The molecule has 0 saturated carbocycles. The highest BCUT2D eigenvalue weighted by atomic mass is 32.1. The number of benzene rings is 1. The van der Waals surface area contributed by atoms with E-state index in [0.717, 1.165) is 11.3 Å². The summed E-state index contributed by atoms with van der Waals surface area (Å²) in [5, 5.41) is 2.63. The highest BCUT2D eigenvalue weighted by Gasteiger charge is 2.27. The van der Waals surface area contributed by atoms with E-state index in [1.807, 2.05) is 0 Å². The van der Waals surface area contributed by atoms with Crippen LogP contribution in [0.15, 0.2) is 18.2 Å². The maximum atomic E-state index is 12.4. The van der Waals surface area contributed by atoms with E-state index in [4.69, 9.17) is 23.7 Å². The fourth-order valence-electron chi connectivity index (χ4n) is 2.96. The van der Waals surface area contributed by atoms with E-state index >= 15 is 0 Å². The number of amides is 1. The van der Waals surface area contributed by atoms with E-state index in [9.17, 15) is 19.2 Å². The molecule has 2 rings (SSSR count). The maximum Gasteiger partial charge on any atom is 0.348 e. The van der Waals surface area contributed by atoms with E-state index in [1.165, 1.54) is 14.2 Å². The topological polar surface area (TPSA) is 126 Å². The zero-order valence-corrected chi connectivity index (χ0v) is 20.5. The number of ether oxygens (including phenoxy) is 5. The van der Waals surface area contributed by atoms with Gasteiger partial charge in [0.25, 0.3) is 5.91 Å². The first-order chi connectivity index (χ1) is 16.2. The van der Waals surface area contributed by atoms with Crippen LogP contribution in [-0.4, -0.2) is 57.9 Å². The second kappa shape index (κ2) is 12.6. The average Bonchev–Trinajstić information content (AvgIpc) is 3.13. The molecule has 1 aromatic carbocycles. The number of carbonyl (C=O) groups is 4. The lowest BCUT2D eigenvalue weighted by atomic mass is 10.1. The van der Waals surface area contributed by atoms with Gasteiger partial charge in [-0.15, -0.1) is 11.3 Å². The van der Waals surface area contributed by atoms with Gasteiger partial charge in [0.05, 0.1) is 39.4 Å². The molecule has 1 N–H and O–H groups in total. The summed E-state index contributed by atoms with van der Waals surface area (Å²) in [5.74, 6) is -1.64. The number of esters is 3. The van der Waals surface area contributed by atoms with Crippen LogP contribution in [0, 0.1) is 6.92 Å². The molecule has 1 heterocycles. The molecular formula is C23H27NO9S. The summed E-state index contributed by atoms with van der Waals surface area (Å²) in [6.07, 6.45) is -0.0904. The molecule has 0 atom stereocenters. The zero-order valence-electron chi connectivity index (χ0n) is 19.6. The first-order valence-electron chi connectivity index (χ1n) is 10.4. The number of anilines is 1. The van der Waals surface area contributed by atoms with Crippen LogP contribution in [0.5, 0.6) is 11.5 Å². The van der Waals surface area contributed by atoms with Crippen molar-refractivity contribution in [1.82, 2.24) is 0 Å². The first kappa shape index (κ1) is 26.7. The van der Waals surface area contributed by atoms with Gasteiger partial charge in [-0.1, -0.05) is 6.07 Å². The van der Waals surface area contributed by atoms with Gasteiger partial charge in [-0.3, -0.25) is 9.59 Å². The number of hydrogen-bond acceptors (Lipinski definition) is 10. The van der Waals surface area contributed by atoms with Crippen LogP contribution in [0.3, 0.4) is 0 Å². The molecule has 184 valence electrons. The summed E-state index contributed by atoms with van der Waals surface area (Å²) in [5.41, 5.74) is 1.00. The molecule has 0 aliphatic rings. The highest BCUT2D eigenvalue weighted by molar-refractivity contribution is 7.18. The Morgan fingerprint density at radius 1 is 0.912 bits per heavy atom. The number of carbonyl (C=O) groups excluding carboxylic acids is 4. The summed E-state index contributed by atoms with van der Waals surface area (Å²) >= 11 is 0.888. The Balaban J connectivity index is 2.07. The van der Waals surface area contributed by atoms with Gasteiger partial charge in [-0.25, -0.2) is 9.59 Å². The minimum atomic E-state index is -0.687. The van der Waals surface area contributed by atoms with E-state index in [0.29, 0.717) is 22.6 Å². The van der Waals surface area contributed by atoms with Crippen molar-refractivity contribution in [3.63, 3.8) is 0 Å². The predicted molar refractivity (Wildman–Crippen MR) is 124 cm³/mol. The second-order valence-corrected chi connectivity index (χ2v) is 7.80. The Hall–Kier alpha value is -3.60. The minimum Gasteiger partial charge on any atom is -0.493 e. The zero-order chi connectivity index (χ0) is 25.3. The highest BCUT2D eigenvalue weighted by Crippen LogP contribution is 2.34. The molecule has 0 aliphatic heterocycles. The Labute approximate surface area is 201 Å². The summed E-state index contributed by atoms with van der Waals surface area (Å²) < 4.78 is 25.5. The van der Waals surface area contributed by atoms with Crippen molar-refractivity contribution in [3.8, 4) is 11.5 Å². The van der Waals surface area contributed by atoms with Crippen LogP contribution in [-0.2, 0) is 30.2 Å². The third-order valence-electron chi connectivity index (χ3n) is 4.50. The van der Waals surface area contributed by atoms with Crippen molar-refractivity contribution in [3.05, 3.63) is 39.8 Å². The van der Waals surface area contributed by atoms with Crippen molar-refractivity contribution in [2.75, 3.05) is 39.4 Å². The molecule has 0 fully saturated rings. The molecule has 11 heteroatoms. The molecule has 0 aliphatic carbocycles. The van der Waals surface area contributed by atoms with Crippen LogP contribution < -0.4 is 14.8 Å². The Bertz CT molecular complexity index is 1060. The third-order valence-corrected chi connectivity index (χ3v) is 5.69. The molecular weight excluding hydrogens is 466 g/mol. The van der Waals surface area contributed by atoms with Crippen molar-refractivity contribution < 1.29 is 42.9 Å². The molecule has 34 heavy (non-hydrogen) atoms. The summed E-state index contributed by atoms with van der Waals surface area (Å²) in [4.78, 5) is 49.4. The number of nitrogens with one attached hydrogen (secondary N) is 1. The second-order valence-electron chi connectivity index (χ2n) is 6.78. The van der Waals surface area contributed by atoms with Gasteiger partial charge >= 0.3 is 17.9 Å². The number of thiophene rings is 1. The van der Waals surface area contributed by atoms with Crippen molar-refractivity contribution in [2.24, 2.45) is 0 Å². The fourth-order valence-corrected chi connectivity index (χ4v) is 4.06. The molecule has 0 spiro atoms. The van der Waals surface area contributed by atoms with E-state index in [2.05, 4.69) is 5.32 Å². The Morgan fingerprint density at radius 2 is 1.56 bits per heavy atom. The van der Waals surface area contributed by atoms with Gasteiger partial charge in [-0.2, -0.15) is 0 Å². The molecule has 0 bridgehead atoms. The monoisotopic (exact) mass is 493 g/mol. The normalized spacial score (nSPS) is 10.3. The molecule has 0 saturated heterocycles. The van der Waals surface area contributed by atoms with Crippen molar-refractivity contribution >= 4 is 40.2 Å². The summed E-state index contributed by atoms with van der Waals surface area (Å²) in [7, 11) is 2.98. The molecule has 2 aromatic rings. The first-order valence-corrected chi connectivity index (χ1v) is 11.2. The van der Waals surface area contributed by atoms with Crippen LogP contribution in [0.25, 0.3) is 0 Å². The quantitative estimate of drug-likeness (QED) is 0.371. The van der Waals surface area contributed by atoms with Gasteiger partial charge in [-0.05, 0) is 44.0 Å². The lowest BCUT2D eigenvalue weighted by Gasteiger charge is -2.10. The molecule has 0 radical (unpaired) electrons. The third kappa shape index (κ3) is 6.70.